The van der Waals surface area contributed by atoms with Gasteiger partial charge in [0.1, 0.15) is 22.9 Å². The second-order valence-corrected chi connectivity index (χ2v) is 12.5. The van der Waals surface area contributed by atoms with Gasteiger partial charge in [-0.1, -0.05) is 18.2 Å². The summed E-state index contributed by atoms with van der Waals surface area (Å²) in [6.07, 6.45) is 1.94. The molecule has 2 heterocycles. The van der Waals surface area contributed by atoms with Crippen molar-refractivity contribution in [2.24, 2.45) is 0 Å². The largest absolute Gasteiger partial charge is 0.497 e. The highest BCUT2D eigenvalue weighted by molar-refractivity contribution is 6.04. The first kappa shape index (κ1) is 32.7. The van der Waals surface area contributed by atoms with Gasteiger partial charge in [-0.15, -0.1) is 0 Å². The minimum atomic E-state index is -1.22. The molecule has 1 atom stereocenters. The van der Waals surface area contributed by atoms with Crippen molar-refractivity contribution in [1.82, 2.24) is 20.0 Å². The first-order valence-electron chi connectivity index (χ1n) is 15.4. The van der Waals surface area contributed by atoms with E-state index < -0.39 is 17.4 Å². The zero-order valence-corrected chi connectivity index (χ0v) is 26.9. The number of carbonyl (C=O) groups is 2. The van der Waals surface area contributed by atoms with E-state index in [1.54, 1.807) is 23.8 Å². The fourth-order valence-electron chi connectivity index (χ4n) is 5.92. The number of halogens is 1. The number of fused-ring (bicyclic) bond motifs is 1. The molecule has 1 amide bonds. The van der Waals surface area contributed by atoms with Crippen LogP contribution in [0.5, 0.6) is 11.5 Å². The van der Waals surface area contributed by atoms with Gasteiger partial charge in [0.25, 0.3) is 0 Å². The van der Waals surface area contributed by atoms with Crippen molar-refractivity contribution in [1.29, 1.82) is 0 Å². The molecule has 10 nitrogen and oxygen atoms in total. The van der Waals surface area contributed by atoms with Gasteiger partial charge in [0.05, 0.1) is 36.7 Å². The number of carbonyl (C=O) groups excluding carboxylic acids is 1. The first-order chi connectivity index (χ1) is 22.0. The van der Waals surface area contributed by atoms with E-state index in [-0.39, 0.29) is 23.1 Å². The third-order valence-corrected chi connectivity index (χ3v) is 8.10. The number of hydrogen-bond acceptors (Lipinski definition) is 7. The lowest BCUT2D eigenvalue weighted by molar-refractivity contribution is 0.0198. The van der Waals surface area contributed by atoms with Crippen LogP contribution in [0.15, 0.2) is 54.6 Å². The highest BCUT2D eigenvalue weighted by Gasteiger charge is 2.28. The van der Waals surface area contributed by atoms with Gasteiger partial charge in [-0.2, -0.15) is 5.10 Å². The number of aromatic carboxylic acids is 1. The Labute approximate surface area is 268 Å². The summed E-state index contributed by atoms with van der Waals surface area (Å²) in [6, 6.07) is 15.8. The smallest absolute Gasteiger partial charge is 0.410 e. The molecule has 1 aliphatic rings. The maximum atomic E-state index is 14.5. The number of aromatic nitrogens is 2. The number of nitrogens with zero attached hydrogens (tertiary/aromatic N) is 3. The first-order valence-corrected chi connectivity index (χ1v) is 15.4. The van der Waals surface area contributed by atoms with Gasteiger partial charge >= 0.3 is 12.1 Å². The summed E-state index contributed by atoms with van der Waals surface area (Å²) < 4.78 is 32.6. The molecular formula is C35H41FN4O6. The summed E-state index contributed by atoms with van der Waals surface area (Å²) >= 11 is 0. The highest BCUT2D eigenvalue weighted by atomic mass is 19.1. The van der Waals surface area contributed by atoms with Gasteiger partial charge < -0.3 is 29.5 Å². The number of likely N-dealkylation sites (tertiary alicyclic amines) is 1. The average molecular weight is 633 g/mol. The molecule has 1 saturated heterocycles. The van der Waals surface area contributed by atoms with Crippen LogP contribution in [-0.2, 0) is 17.7 Å². The number of carboxylic acids is 1. The van der Waals surface area contributed by atoms with E-state index in [0.717, 1.165) is 35.7 Å². The lowest BCUT2D eigenvalue weighted by Crippen LogP contribution is -2.42. The van der Waals surface area contributed by atoms with Crippen LogP contribution >= 0.6 is 0 Å². The Morgan fingerprint density at radius 1 is 1.07 bits per heavy atom. The highest BCUT2D eigenvalue weighted by Crippen LogP contribution is 2.31. The van der Waals surface area contributed by atoms with E-state index >= 15 is 0 Å². The quantitative estimate of drug-likeness (QED) is 0.195. The van der Waals surface area contributed by atoms with E-state index in [2.05, 4.69) is 10.4 Å². The van der Waals surface area contributed by atoms with Crippen molar-refractivity contribution in [3.63, 3.8) is 0 Å². The standard InChI is InChI=1S/C35H41FN4O6/c1-35(2,3)46-34(43)39-16-6-7-24(21-39)22-8-11-26(12-9-22)40-30(32-28(33(41)42)17-25(36)18-29(32)38-40)14-15-37-20-23-10-13-27(44-4)19-31(23)45-5/h8-13,17-19,24,37H,6-7,14-16,20-21H2,1-5H3,(H,41,42). The average Bonchev–Trinajstić information content (AvgIpc) is 3.39. The molecule has 1 unspecified atom stereocenters. The van der Waals surface area contributed by atoms with Crippen LogP contribution in [0, 0.1) is 5.82 Å². The molecular weight excluding hydrogens is 591 g/mol. The minimum absolute atomic E-state index is 0.130. The van der Waals surface area contributed by atoms with E-state index in [9.17, 15) is 19.1 Å². The fourth-order valence-corrected chi connectivity index (χ4v) is 5.92. The molecule has 5 rings (SSSR count). The Balaban J connectivity index is 1.39. The lowest BCUT2D eigenvalue weighted by Gasteiger charge is -2.34. The number of rotatable bonds is 10. The predicted molar refractivity (Wildman–Crippen MR) is 173 cm³/mol. The van der Waals surface area contributed by atoms with Crippen molar-refractivity contribution in [2.45, 2.75) is 58.1 Å². The molecule has 4 aromatic rings. The number of carboxylic acid groups (broad SMARTS) is 1. The fraction of sp³-hybridized carbons (Fsp3) is 0.400. The van der Waals surface area contributed by atoms with Gasteiger partial charge in [-0.05, 0) is 63.4 Å². The van der Waals surface area contributed by atoms with Crippen LogP contribution in [0.25, 0.3) is 16.6 Å². The Hall–Kier alpha value is -4.64. The second-order valence-electron chi connectivity index (χ2n) is 12.5. The van der Waals surface area contributed by atoms with E-state index in [1.165, 1.54) is 6.07 Å². The molecule has 2 N–H and O–H groups in total. The third-order valence-electron chi connectivity index (χ3n) is 8.10. The number of amides is 1. The Morgan fingerprint density at radius 3 is 2.50 bits per heavy atom. The Bertz CT molecular complexity index is 1710. The molecule has 3 aromatic carbocycles. The van der Waals surface area contributed by atoms with Crippen LogP contribution in [0.2, 0.25) is 0 Å². The minimum Gasteiger partial charge on any atom is -0.497 e. The molecule has 0 radical (unpaired) electrons. The Kier molecular flexibility index (Phi) is 9.81. The van der Waals surface area contributed by atoms with Crippen LogP contribution in [0.1, 0.15) is 66.7 Å². The summed E-state index contributed by atoms with van der Waals surface area (Å²) in [5.41, 5.74) is 2.99. The third kappa shape index (κ3) is 7.42. The van der Waals surface area contributed by atoms with Gasteiger partial charge in [-0.3, -0.25) is 0 Å². The number of ether oxygens (including phenoxy) is 3. The van der Waals surface area contributed by atoms with E-state index in [1.807, 2.05) is 63.2 Å². The second kappa shape index (κ2) is 13.8. The van der Waals surface area contributed by atoms with Crippen LogP contribution in [-0.4, -0.2) is 71.3 Å². The zero-order valence-electron chi connectivity index (χ0n) is 26.9. The van der Waals surface area contributed by atoms with Crippen LogP contribution in [0.4, 0.5) is 9.18 Å². The molecule has 0 bridgehead atoms. The number of nitrogens with one attached hydrogen (secondary N) is 1. The number of hydrogen-bond donors (Lipinski definition) is 2. The van der Waals surface area contributed by atoms with Gasteiger partial charge in [-0.25, -0.2) is 18.7 Å². The summed E-state index contributed by atoms with van der Waals surface area (Å²) in [6.45, 7) is 7.81. The van der Waals surface area contributed by atoms with Crippen LogP contribution in [0.3, 0.4) is 0 Å². The monoisotopic (exact) mass is 632 g/mol. The maximum absolute atomic E-state index is 14.5. The van der Waals surface area contributed by atoms with E-state index in [4.69, 9.17) is 14.2 Å². The summed E-state index contributed by atoms with van der Waals surface area (Å²) in [4.78, 5) is 26.7. The molecule has 244 valence electrons. The molecule has 0 saturated carbocycles. The molecule has 11 heteroatoms. The topological polar surface area (TPSA) is 115 Å². The number of piperidine rings is 1. The molecule has 46 heavy (non-hydrogen) atoms. The number of methoxy groups -OCH3 is 2. The van der Waals surface area contributed by atoms with Crippen molar-refractivity contribution in [3.05, 3.63) is 82.8 Å². The molecule has 0 aliphatic carbocycles. The van der Waals surface area contributed by atoms with Gasteiger partial charge in [0.2, 0.25) is 0 Å². The Morgan fingerprint density at radius 2 is 1.83 bits per heavy atom. The molecule has 1 aromatic heterocycles. The van der Waals surface area contributed by atoms with Crippen molar-refractivity contribution in [3.8, 4) is 17.2 Å². The van der Waals surface area contributed by atoms with Gasteiger partial charge in [0.15, 0.2) is 0 Å². The molecule has 1 aliphatic heterocycles. The van der Waals surface area contributed by atoms with E-state index in [0.29, 0.717) is 55.2 Å². The lowest BCUT2D eigenvalue weighted by atomic mass is 9.90. The van der Waals surface area contributed by atoms with Crippen molar-refractivity contribution in [2.75, 3.05) is 33.9 Å². The number of benzene rings is 3. The zero-order chi connectivity index (χ0) is 33.0. The normalized spacial score (nSPS) is 15.2. The predicted octanol–water partition coefficient (Wildman–Crippen LogP) is 6.33. The summed E-state index contributed by atoms with van der Waals surface area (Å²) in [5, 5.41) is 18.4. The van der Waals surface area contributed by atoms with Crippen molar-refractivity contribution >= 4 is 23.0 Å². The molecule has 0 spiro atoms. The maximum Gasteiger partial charge on any atom is 0.410 e. The van der Waals surface area contributed by atoms with Crippen LogP contribution < -0.4 is 14.8 Å². The van der Waals surface area contributed by atoms with Crippen molar-refractivity contribution < 1.29 is 33.3 Å². The summed E-state index contributed by atoms with van der Waals surface area (Å²) in [5.74, 6) is -0.340. The SMILES string of the molecule is COc1ccc(CNCCc2c3c(C(=O)O)cc(F)cc3nn2-c2ccc(C3CCCN(C(=O)OC(C)(C)C)C3)cc2)c(OC)c1. The summed E-state index contributed by atoms with van der Waals surface area (Å²) in [7, 11) is 3.20. The van der Waals surface area contributed by atoms with Gasteiger partial charge in [0, 0.05) is 61.6 Å². The molecule has 1 fully saturated rings.